The van der Waals surface area contributed by atoms with Gasteiger partial charge in [-0.05, 0) is 49.1 Å². The van der Waals surface area contributed by atoms with E-state index >= 15 is 0 Å². The van der Waals surface area contributed by atoms with Crippen LogP contribution in [-0.4, -0.2) is 38.5 Å². The smallest absolute Gasteiger partial charge is 0.239 e. The minimum Gasteiger partial charge on any atom is -0.482 e. The molecule has 1 fully saturated rings. The van der Waals surface area contributed by atoms with Gasteiger partial charge in [0, 0.05) is 12.6 Å². The van der Waals surface area contributed by atoms with E-state index in [0.29, 0.717) is 5.75 Å². The number of rotatable bonds is 4. The van der Waals surface area contributed by atoms with Crippen LogP contribution in [0.3, 0.4) is 0 Å². The third-order valence-electron chi connectivity index (χ3n) is 5.67. The highest BCUT2D eigenvalue weighted by molar-refractivity contribution is 7.89. The Morgan fingerprint density at radius 1 is 1.10 bits per heavy atom. The van der Waals surface area contributed by atoms with Crippen LogP contribution in [0.15, 0.2) is 41.3 Å². The first-order valence-corrected chi connectivity index (χ1v) is 11.8. The summed E-state index contributed by atoms with van der Waals surface area (Å²) in [6.07, 6.45) is 2.67. The number of nitrogens with zero attached hydrogens (tertiary/aromatic N) is 1. The maximum absolute atomic E-state index is 11.7. The molecule has 0 spiro atoms. The molecule has 3 atom stereocenters. The van der Waals surface area contributed by atoms with Crippen molar-refractivity contribution in [3.8, 4) is 5.75 Å². The number of hydrogen-bond donors (Lipinski definition) is 2. The zero-order valence-electron chi connectivity index (χ0n) is 15.7. The Morgan fingerprint density at radius 2 is 1.86 bits per heavy atom. The Labute approximate surface area is 180 Å². The fraction of sp³-hybridized carbons (Fsp3) is 0.400. The van der Waals surface area contributed by atoms with Crippen molar-refractivity contribution in [2.75, 3.05) is 13.1 Å². The molecule has 0 amide bonds. The van der Waals surface area contributed by atoms with Crippen LogP contribution in [-0.2, 0) is 16.4 Å². The van der Waals surface area contributed by atoms with Gasteiger partial charge >= 0.3 is 0 Å². The standard InChI is InChI=1S/C20H23Cl2N3O3S/c21-18-16(7-8-17(19(18)22)29(24,26)27)28-20-14-6-2-1-4-12(14)10-15(20)25-9-3-5-13(23)11-25/h1-2,4,6-8,13,15,20H,3,5,9-11,23H2,(H2,24,26,27). The summed E-state index contributed by atoms with van der Waals surface area (Å²) in [5.74, 6) is 0.331. The van der Waals surface area contributed by atoms with E-state index in [-0.39, 0.29) is 33.1 Å². The van der Waals surface area contributed by atoms with E-state index in [4.69, 9.17) is 38.8 Å². The van der Waals surface area contributed by atoms with E-state index in [1.54, 1.807) is 0 Å². The van der Waals surface area contributed by atoms with E-state index in [9.17, 15) is 8.42 Å². The van der Waals surface area contributed by atoms with Crippen molar-refractivity contribution < 1.29 is 13.2 Å². The average Bonchev–Trinajstić information content (AvgIpc) is 3.03. The molecule has 0 radical (unpaired) electrons. The zero-order chi connectivity index (χ0) is 20.8. The molecule has 2 aromatic carbocycles. The SMILES string of the molecule is NC1CCCN(C2Cc3ccccc3C2Oc2ccc(S(N)(=O)=O)c(Cl)c2Cl)C1. The lowest BCUT2D eigenvalue weighted by Crippen LogP contribution is -2.49. The van der Waals surface area contributed by atoms with E-state index in [1.807, 2.05) is 12.1 Å². The van der Waals surface area contributed by atoms with Gasteiger partial charge < -0.3 is 10.5 Å². The average molecular weight is 456 g/mol. The second-order valence-electron chi connectivity index (χ2n) is 7.64. The van der Waals surface area contributed by atoms with Gasteiger partial charge in [-0.15, -0.1) is 0 Å². The molecule has 156 valence electrons. The van der Waals surface area contributed by atoms with Gasteiger partial charge in [-0.3, -0.25) is 4.90 Å². The summed E-state index contributed by atoms with van der Waals surface area (Å²) in [5.41, 5.74) is 8.53. The quantitative estimate of drug-likeness (QED) is 0.737. The van der Waals surface area contributed by atoms with Crippen LogP contribution >= 0.6 is 23.2 Å². The van der Waals surface area contributed by atoms with Crippen molar-refractivity contribution in [2.24, 2.45) is 10.9 Å². The molecule has 1 saturated heterocycles. The van der Waals surface area contributed by atoms with Gasteiger partial charge in [0.1, 0.15) is 21.8 Å². The fourth-order valence-electron chi connectivity index (χ4n) is 4.30. The third kappa shape index (κ3) is 4.13. The van der Waals surface area contributed by atoms with Crippen LogP contribution in [0.4, 0.5) is 0 Å². The number of hydrogen-bond acceptors (Lipinski definition) is 5. The van der Waals surface area contributed by atoms with Crippen molar-refractivity contribution in [2.45, 2.75) is 42.3 Å². The first-order valence-electron chi connectivity index (χ1n) is 9.50. The van der Waals surface area contributed by atoms with Crippen LogP contribution in [0.5, 0.6) is 5.75 Å². The summed E-state index contributed by atoms with van der Waals surface area (Å²) in [4.78, 5) is 2.16. The predicted molar refractivity (Wildman–Crippen MR) is 114 cm³/mol. The number of sulfonamides is 1. The monoisotopic (exact) mass is 455 g/mol. The topological polar surface area (TPSA) is 98.6 Å². The Balaban J connectivity index is 1.69. The van der Waals surface area contributed by atoms with Gasteiger partial charge in [0.25, 0.3) is 0 Å². The molecule has 9 heteroatoms. The largest absolute Gasteiger partial charge is 0.482 e. The van der Waals surface area contributed by atoms with Gasteiger partial charge in [-0.2, -0.15) is 0 Å². The van der Waals surface area contributed by atoms with Gasteiger partial charge in [-0.25, -0.2) is 13.6 Å². The molecule has 0 bridgehead atoms. The van der Waals surface area contributed by atoms with Crippen LogP contribution in [0.1, 0.15) is 30.1 Å². The summed E-state index contributed by atoms with van der Waals surface area (Å²) in [6.45, 7) is 1.78. The predicted octanol–water partition coefficient (Wildman–Crippen LogP) is 3.11. The number of ether oxygens (including phenoxy) is 1. The first-order chi connectivity index (χ1) is 13.8. The molecule has 29 heavy (non-hydrogen) atoms. The molecule has 3 unspecified atom stereocenters. The first kappa shape index (κ1) is 20.9. The van der Waals surface area contributed by atoms with Gasteiger partial charge in [0.15, 0.2) is 0 Å². The molecule has 4 rings (SSSR count). The fourth-order valence-corrected chi connectivity index (χ4v) is 5.66. The molecule has 0 saturated carbocycles. The normalized spacial score (nSPS) is 25.0. The van der Waals surface area contributed by atoms with Gasteiger partial charge in [-0.1, -0.05) is 47.5 Å². The maximum Gasteiger partial charge on any atom is 0.239 e. The second kappa shape index (κ2) is 8.06. The Morgan fingerprint density at radius 3 is 2.59 bits per heavy atom. The number of piperidine rings is 1. The van der Waals surface area contributed by atoms with Crippen LogP contribution in [0.25, 0.3) is 0 Å². The molecule has 2 aliphatic rings. The molecule has 6 nitrogen and oxygen atoms in total. The minimum atomic E-state index is -3.98. The Kier molecular flexibility index (Phi) is 5.81. The molecule has 4 N–H and O–H groups in total. The number of benzene rings is 2. The van der Waals surface area contributed by atoms with E-state index < -0.39 is 10.0 Å². The Bertz CT molecular complexity index is 1030. The summed E-state index contributed by atoms with van der Waals surface area (Å²) in [7, 11) is -3.98. The van der Waals surface area contributed by atoms with Crippen LogP contribution in [0, 0.1) is 0 Å². The number of nitrogens with two attached hydrogens (primary N) is 2. The highest BCUT2D eigenvalue weighted by atomic mass is 35.5. The lowest BCUT2D eigenvalue weighted by Gasteiger charge is -2.38. The molecule has 0 aromatic heterocycles. The van der Waals surface area contributed by atoms with Crippen molar-refractivity contribution in [1.29, 1.82) is 0 Å². The van der Waals surface area contributed by atoms with E-state index in [2.05, 4.69) is 17.0 Å². The maximum atomic E-state index is 11.7. The number of halogens is 2. The lowest BCUT2D eigenvalue weighted by atomic mass is 10.0. The van der Waals surface area contributed by atoms with Crippen molar-refractivity contribution in [1.82, 2.24) is 4.90 Å². The van der Waals surface area contributed by atoms with Crippen molar-refractivity contribution in [3.05, 3.63) is 57.6 Å². The molecular formula is C20H23Cl2N3O3S. The second-order valence-corrected chi connectivity index (χ2v) is 9.93. The number of primary sulfonamides is 1. The Hall–Kier alpha value is -1.35. The third-order valence-corrected chi connectivity index (χ3v) is 7.60. The molecular weight excluding hydrogens is 433 g/mol. The summed E-state index contributed by atoms with van der Waals surface area (Å²) >= 11 is 12.5. The summed E-state index contributed by atoms with van der Waals surface area (Å²) < 4.78 is 29.7. The molecule has 1 aliphatic carbocycles. The number of likely N-dealkylation sites (tertiary alicyclic amines) is 1. The molecule has 1 heterocycles. The van der Waals surface area contributed by atoms with E-state index in [1.165, 1.54) is 17.7 Å². The summed E-state index contributed by atoms with van der Waals surface area (Å²) in [6, 6.07) is 11.3. The highest BCUT2D eigenvalue weighted by Gasteiger charge is 2.39. The van der Waals surface area contributed by atoms with Crippen molar-refractivity contribution in [3.63, 3.8) is 0 Å². The minimum absolute atomic E-state index is 0.0386. The zero-order valence-corrected chi connectivity index (χ0v) is 18.1. The van der Waals surface area contributed by atoms with Crippen molar-refractivity contribution >= 4 is 33.2 Å². The highest BCUT2D eigenvalue weighted by Crippen LogP contribution is 2.43. The lowest BCUT2D eigenvalue weighted by molar-refractivity contribution is 0.0593. The molecule has 2 aromatic rings. The van der Waals surface area contributed by atoms with Crippen LogP contribution in [0.2, 0.25) is 10.0 Å². The van der Waals surface area contributed by atoms with E-state index in [0.717, 1.165) is 37.9 Å². The van der Waals surface area contributed by atoms with Gasteiger partial charge in [0.05, 0.1) is 11.1 Å². The van der Waals surface area contributed by atoms with Gasteiger partial charge in [0.2, 0.25) is 10.0 Å². The number of fused-ring (bicyclic) bond motifs is 1. The summed E-state index contributed by atoms with van der Waals surface area (Å²) in [5, 5.41) is 5.11. The molecule has 1 aliphatic heterocycles. The van der Waals surface area contributed by atoms with Crippen LogP contribution < -0.4 is 15.6 Å².